The van der Waals surface area contributed by atoms with E-state index in [4.69, 9.17) is 0 Å². The van der Waals surface area contributed by atoms with E-state index in [0.29, 0.717) is 25.0 Å². The number of aromatic nitrogens is 3. The van der Waals surface area contributed by atoms with Crippen molar-refractivity contribution >= 4 is 11.8 Å². The van der Waals surface area contributed by atoms with Gasteiger partial charge in [-0.2, -0.15) is 0 Å². The summed E-state index contributed by atoms with van der Waals surface area (Å²) in [6.07, 6.45) is 4.12. The van der Waals surface area contributed by atoms with Crippen LogP contribution in [0.25, 0.3) is 0 Å². The fourth-order valence-electron chi connectivity index (χ4n) is 5.12. The Labute approximate surface area is 195 Å². The maximum Gasteiger partial charge on any atom is 0.224 e. The largest absolute Gasteiger partial charge is 0.355 e. The Hall–Kier alpha value is -2.78. The molecule has 5 rings (SSSR count). The molecule has 1 unspecified atom stereocenters. The molecule has 9 nitrogen and oxygen atoms in total. The number of amides is 2. The second kappa shape index (κ2) is 10.9. The van der Waals surface area contributed by atoms with Crippen LogP contribution >= 0.6 is 0 Å². The molecule has 0 radical (unpaired) electrons. The number of fused-ring (bicyclic) bond motifs is 3. The summed E-state index contributed by atoms with van der Waals surface area (Å²) in [6, 6.07) is 10.8. The maximum absolute atomic E-state index is 12.7. The zero-order chi connectivity index (χ0) is 23.2. The summed E-state index contributed by atoms with van der Waals surface area (Å²) >= 11 is 0. The van der Waals surface area contributed by atoms with Crippen molar-refractivity contribution in [2.75, 3.05) is 33.2 Å². The minimum atomic E-state index is -0.0750. The highest BCUT2D eigenvalue weighted by Crippen LogP contribution is 2.36. The monoisotopic (exact) mass is 453 g/mol. The summed E-state index contributed by atoms with van der Waals surface area (Å²) in [4.78, 5) is 28.3. The number of carbonyl (C=O) groups is 2. The molecule has 1 aromatic carbocycles. The van der Waals surface area contributed by atoms with Gasteiger partial charge in [0, 0.05) is 51.9 Å². The lowest BCUT2D eigenvalue weighted by Gasteiger charge is -2.49. The van der Waals surface area contributed by atoms with Gasteiger partial charge in [0.15, 0.2) is 0 Å². The van der Waals surface area contributed by atoms with Crippen LogP contribution in [0, 0.1) is 11.8 Å². The third-order valence-electron chi connectivity index (χ3n) is 6.72. The molecule has 33 heavy (non-hydrogen) atoms. The molecule has 0 aliphatic carbocycles. The molecule has 2 bridgehead atoms. The van der Waals surface area contributed by atoms with Gasteiger partial charge in [-0.15, -0.1) is 5.10 Å². The first kappa shape index (κ1) is 23.4. The Kier molecular flexibility index (Phi) is 7.72. The van der Waals surface area contributed by atoms with Gasteiger partial charge >= 0.3 is 0 Å². The Morgan fingerprint density at radius 1 is 1.15 bits per heavy atom. The van der Waals surface area contributed by atoms with Gasteiger partial charge in [-0.25, -0.2) is 0 Å². The number of hydrogen-bond acceptors (Lipinski definition) is 6. The van der Waals surface area contributed by atoms with E-state index in [0.717, 1.165) is 51.3 Å². The van der Waals surface area contributed by atoms with Crippen LogP contribution in [0.15, 0.2) is 36.5 Å². The first-order chi connectivity index (χ1) is 16.0. The lowest BCUT2D eigenvalue weighted by atomic mass is 9.75. The Bertz CT molecular complexity index is 932. The van der Waals surface area contributed by atoms with Gasteiger partial charge in [-0.1, -0.05) is 35.5 Å². The summed E-state index contributed by atoms with van der Waals surface area (Å²) < 4.78 is 1.96. The molecule has 2 aromatic rings. The van der Waals surface area contributed by atoms with Crippen LogP contribution in [-0.4, -0.2) is 75.9 Å². The van der Waals surface area contributed by atoms with Crippen LogP contribution in [0.5, 0.6) is 0 Å². The minimum Gasteiger partial charge on any atom is -0.355 e. The highest BCUT2D eigenvalue weighted by atomic mass is 16.2. The number of nitrogens with zero attached hydrogens (tertiary/aromatic N) is 5. The van der Waals surface area contributed by atoms with Gasteiger partial charge in [-0.05, 0) is 37.9 Å². The second-order valence-corrected chi connectivity index (χ2v) is 9.40. The fraction of sp³-hybridized carbons (Fsp3) is 0.583. The van der Waals surface area contributed by atoms with Crippen molar-refractivity contribution in [3.8, 4) is 0 Å². The molecule has 1 aromatic heterocycles. The van der Waals surface area contributed by atoms with E-state index in [1.165, 1.54) is 12.5 Å². The summed E-state index contributed by atoms with van der Waals surface area (Å²) in [7, 11) is 2.10. The molecule has 2 N–H and O–H groups in total. The van der Waals surface area contributed by atoms with E-state index in [1.807, 2.05) is 10.7 Å². The van der Waals surface area contributed by atoms with Crippen LogP contribution in [-0.2, 0) is 29.2 Å². The normalized spacial score (nSPS) is 24.1. The van der Waals surface area contributed by atoms with Crippen molar-refractivity contribution in [2.24, 2.45) is 11.8 Å². The van der Waals surface area contributed by atoms with Gasteiger partial charge < -0.3 is 10.6 Å². The summed E-state index contributed by atoms with van der Waals surface area (Å²) in [5.74, 6) is 0.470. The number of piperidine rings is 3. The van der Waals surface area contributed by atoms with Gasteiger partial charge in [0.25, 0.3) is 0 Å². The third kappa shape index (κ3) is 6.39. The number of rotatable bonds is 10. The summed E-state index contributed by atoms with van der Waals surface area (Å²) in [6.45, 7) is 6.70. The zero-order valence-corrected chi connectivity index (χ0v) is 19.6. The van der Waals surface area contributed by atoms with Crippen LogP contribution in [0.4, 0.5) is 0 Å². The summed E-state index contributed by atoms with van der Waals surface area (Å²) in [5, 5.41) is 14.5. The molecular weight excluding hydrogens is 418 g/mol. The molecule has 0 saturated carbocycles. The highest BCUT2D eigenvalue weighted by Gasteiger charge is 2.43. The van der Waals surface area contributed by atoms with Gasteiger partial charge in [0.2, 0.25) is 11.8 Å². The first-order valence-electron chi connectivity index (χ1n) is 11.9. The van der Waals surface area contributed by atoms with Crippen molar-refractivity contribution in [3.05, 3.63) is 47.8 Å². The molecular formula is C24H35N7O2. The van der Waals surface area contributed by atoms with Crippen molar-refractivity contribution in [1.29, 1.82) is 0 Å². The Balaban J connectivity index is 1.24. The van der Waals surface area contributed by atoms with E-state index >= 15 is 0 Å². The van der Waals surface area contributed by atoms with Crippen molar-refractivity contribution in [1.82, 2.24) is 35.4 Å². The van der Waals surface area contributed by atoms with E-state index in [2.05, 4.69) is 68.3 Å². The first-order valence-corrected chi connectivity index (χ1v) is 11.9. The van der Waals surface area contributed by atoms with Crippen LogP contribution in [0.3, 0.4) is 0 Å². The summed E-state index contributed by atoms with van der Waals surface area (Å²) in [5.41, 5.74) is 2.26. The molecule has 178 valence electrons. The molecule has 3 aliphatic heterocycles. The SMILES string of the molecule is CC(=O)NCCNC(=O)[C@@H]1CN2CC[C@H]1C[C@@H]2Cn1cc(CN(C)Cc2ccccc2)nn1. The van der Waals surface area contributed by atoms with Gasteiger partial charge in [-0.3, -0.25) is 24.1 Å². The van der Waals surface area contributed by atoms with Crippen LogP contribution in [0.1, 0.15) is 31.0 Å². The number of hydrogen-bond donors (Lipinski definition) is 2. The van der Waals surface area contributed by atoms with Gasteiger partial charge in [0.1, 0.15) is 0 Å². The lowest BCUT2D eigenvalue weighted by molar-refractivity contribution is -0.133. The zero-order valence-electron chi connectivity index (χ0n) is 19.6. The van der Waals surface area contributed by atoms with E-state index < -0.39 is 0 Å². The van der Waals surface area contributed by atoms with E-state index in [9.17, 15) is 9.59 Å². The molecule has 0 spiro atoms. The molecule has 3 saturated heterocycles. The third-order valence-corrected chi connectivity index (χ3v) is 6.72. The molecule has 3 fully saturated rings. The quantitative estimate of drug-likeness (QED) is 0.519. The maximum atomic E-state index is 12.7. The molecule has 2 amide bonds. The molecule has 9 heteroatoms. The number of nitrogens with one attached hydrogen (secondary N) is 2. The van der Waals surface area contributed by atoms with Crippen LogP contribution < -0.4 is 10.6 Å². The Morgan fingerprint density at radius 3 is 2.67 bits per heavy atom. The van der Waals surface area contributed by atoms with Crippen molar-refractivity contribution in [3.63, 3.8) is 0 Å². The van der Waals surface area contributed by atoms with Crippen molar-refractivity contribution < 1.29 is 9.59 Å². The second-order valence-electron chi connectivity index (χ2n) is 9.40. The smallest absolute Gasteiger partial charge is 0.224 e. The Morgan fingerprint density at radius 2 is 1.94 bits per heavy atom. The van der Waals surface area contributed by atoms with Crippen LogP contribution in [0.2, 0.25) is 0 Å². The average molecular weight is 454 g/mol. The topological polar surface area (TPSA) is 95.4 Å². The van der Waals surface area contributed by atoms with Gasteiger partial charge in [0.05, 0.1) is 18.2 Å². The molecule has 4 heterocycles. The fourth-order valence-corrected chi connectivity index (χ4v) is 5.12. The lowest BCUT2D eigenvalue weighted by Crippen LogP contribution is -2.58. The predicted octanol–water partition coefficient (Wildman–Crippen LogP) is 0.873. The standard InChI is InChI=1S/C24H35N7O2/c1-18(32)25-9-10-26-24(33)23-17-30-11-8-20(23)12-22(30)16-31-15-21(27-28-31)14-29(2)13-19-6-4-3-5-7-19/h3-7,15,20,22-23H,8-14,16-17H2,1-2H3,(H,25,32)(H,26,33)/t20-,22+,23+/m0/s1. The minimum absolute atomic E-state index is 0.0327. The molecule has 3 aliphatic rings. The van der Waals surface area contributed by atoms with E-state index in [1.54, 1.807) is 0 Å². The predicted molar refractivity (Wildman–Crippen MR) is 125 cm³/mol. The highest BCUT2D eigenvalue weighted by molar-refractivity contribution is 5.79. The van der Waals surface area contributed by atoms with Crippen molar-refractivity contribution in [2.45, 2.75) is 45.4 Å². The number of benzene rings is 1. The van der Waals surface area contributed by atoms with E-state index in [-0.39, 0.29) is 17.7 Å². The molecule has 4 atom stereocenters. The number of carbonyl (C=O) groups excluding carboxylic acids is 2. The average Bonchev–Trinajstić information content (AvgIpc) is 3.24.